The van der Waals surface area contributed by atoms with E-state index in [2.05, 4.69) is 34.6 Å². The average Bonchev–Trinajstić information content (AvgIpc) is 3.50. The second-order valence-corrected chi connectivity index (χ2v) is 12.5. The standard InChI is InChI=1S/C42H40N4O7/c1-2-44(25-26-52-29-38(49)53-43-23-24-46-36(47)21-22-37(46)48)34-17-13-32(14-18-34)39-41(50)40(42(39)51)33-15-19-35(20-16-33)45(27-30-9-5-3-6-10-30)28-31-11-7-4-8-12-31/h3-22,43H,2,23-29H2,1H3. The first kappa shape index (κ1) is 36.9. The summed E-state index contributed by atoms with van der Waals surface area (Å²) in [5, 5.41) is 0. The summed E-state index contributed by atoms with van der Waals surface area (Å²) in [4.78, 5) is 72.0. The van der Waals surface area contributed by atoms with Crippen LogP contribution in [0.5, 0.6) is 0 Å². The predicted octanol–water partition coefficient (Wildman–Crippen LogP) is 4.41. The normalized spacial score (nSPS) is 14.5. The number of ketones is 2. The van der Waals surface area contributed by atoms with Crippen molar-refractivity contribution in [2.45, 2.75) is 20.0 Å². The Morgan fingerprint density at radius 2 is 1.15 bits per heavy atom. The first-order valence-electron chi connectivity index (χ1n) is 17.5. The number of rotatable bonds is 18. The zero-order valence-electron chi connectivity index (χ0n) is 29.4. The fraction of sp³-hybridized carbons (Fsp3) is 0.214. The zero-order chi connectivity index (χ0) is 37.2. The molecule has 270 valence electrons. The molecule has 11 nitrogen and oxygen atoms in total. The van der Waals surface area contributed by atoms with Gasteiger partial charge in [0.05, 0.1) is 13.2 Å². The molecule has 2 aliphatic rings. The second kappa shape index (κ2) is 17.5. The number of Topliss-reactive ketones (excluding diaryl/α,β-unsaturated/α-hetero) is 2. The second-order valence-electron chi connectivity index (χ2n) is 12.5. The highest BCUT2D eigenvalue weighted by atomic mass is 16.7. The number of hydrogen-bond acceptors (Lipinski definition) is 10. The van der Waals surface area contributed by atoms with E-state index >= 15 is 0 Å². The van der Waals surface area contributed by atoms with Crippen molar-refractivity contribution in [3.05, 3.63) is 155 Å². The number of carbonyl (C=O) groups is 5. The van der Waals surface area contributed by atoms with Crippen LogP contribution in [0.3, 0.4) is 0 Å². The number of anilines is 2. The number of ether oxygens (including phenoxy) is 1. The van der Waals surface area contributed by atoms with E-state index in [1.54, 1.807) is 12.1 Å². The predicted molar refractivity (Wildman–Crippen MR) is 199 cm³/mol. The van der Waals surface area contributed by atoms with Crippen molar-refractivity contribution in [3.63, 3.8) is 0 Å². The lowest BCUT2D eigenvalue weighted by atomic mass is 9.66. The van der Waals surface area contributed by atoms with Gasteiger partial charge in [-0.05, 0) is 53.4 Å². The van der Waals surface area contributed by atoms with Crippen LogP contribution in [0, 0.1) is 11.8 Å². The Morgan fingerprint density at radius 3 is 1.64 bits per heavy atom. The van der Waals surface area contributed by atoms with Gasteiger partial charge in [0, 0.05) is 56.3 Å². The largest absolute Gasteiger partial charge is 0.370 e. The molecule has 1 saturated carbocycles. The third-order valence-electron chi connectivity index (χ3n) is 9.01. The fourth-order valence-corrected chi connectivity index (χ4v) is 6.21. The molecular formula is C42H40N4O7. The van der Waals surface area contributed by atoms with Crippen LogP contribution in [0.4, 0.5) is 11.4 Å². The highest BCUT2D eigenvalue weighted by Crippen LogP contribution is 2.40. The Hall–Kier alpha value is -5.91. The first-order chi connectivity index (χ1) is 25.8. The van der Waals surface area contributed by atoms with Crippen LogP contribution >= 0.6 is 0 Å². The molecule has 4 aromatic rings. The van der Waals surface area contributed by atoms with E-state index in [0.717, 1.165) is 16.3 Å². The molecule has 0 unspecified atom stereocenters. The van der Waals surface area contributed by atoms with Crippen molar-refractivity contribution in [1.82, 2.24) is 10.4 Å². The monoisotopic (exact) mass is 712 g/mol. The molecule has 4 aromatic carbocycles. The Balaban J connectivity index is 0.975. The van der Waals surface area contributed by atoms with Crippen molar-refractivity contribution < 1.29 is 33.5 Å². The van der Waals surface area contributed by atoms with Gasteiger partial charge in [0.15, 0.2) is 11.6 Å². The summed E-state index contributed by atoms with van der Waals surface area (Å²) in [6.07, 6.45) is 2.38. The number of nitrogens with zero attached hydrogens (tertiary/aromatic N) is 3. The van der Waals surface area contributed by atoms with Gasteiger partial charge in [-0.15, -0.1) is 0 Å². The minimum absolute atomic E-state index is 0.0720. The van der Waals surface area contributed by atoms with Crippen LogP contribution in [0.1, 0.15) is 29.2 Å². The number of nitrogens with one attached hydrogen (secondary N) is 1. The van der Waals surface area contributed by atoms with E-state index in [9.17, 15) is 24.0 Å². The van der Waals surface area contributed by atoms with Gasteiger partial charge in [0.1, 0.15) is 18.4 Å². The Bertz CT molecular complexity index is 1860. The summed E-state index contributed by atoms with van der Waals surface area (Å²) in [5.74, 6) is -1.60. The van der Waals surface area contributed by atoms with Crippen molar-refractivity contribution >= 4 is 40.7 Å². The average molecular weight is 713 g/mol. The SMILES string of the molecule is CCN(CCOCC(=O)ONCCN1C(=O)C=CC1=O)c1ccc([C]2C(=O)[C](c3ccc(N(Cc4ccccc4)Cc4ccccc4)cc3)C2=O)cc1. The van der Waals surface area contributed by atoms with Gasteiger partial charge in [-0.3, -0.25) is 24.1 Å². The molecule has 2 amide bonds. The van der Waals surface area contributed by atoms with Crippen molar-refractivity contribution in [2.75, 3.05) is 49.2 Å². The van der Waals surface area contributed by atoms with Crippen LogP contribution in [-0.4, -0.2) is 73.6 Å². The fourth-order valence-electron chi connectivity index (χ4n) is 6.21. The van der Waals surface area contributed by atoms with Gasteiger partial charge in [-0.25, -0.2) is 4.79 Å². The Labute approximate surface area is 308 Å². The van der Waals surface area contributed by atoms with Crippen LogP contribution < -0.4 is 15.3 Å². The highest BCUT2D eigenvalue weighted by Gasteiger charge is 2.52. The molecule has 0 saturated heterocycles. The summed E-state index contributed by atoms with van der Waals surface area (Å²) in [7, 11) is 0. The molecule has 2 radical (unpaired) electrons. The van der Waals surface area contributed by atoms with Gasteiger partial charge < -0.3 is 19.4 Å². The van der Waals surface area contributed by atoms with E-state index in [4.69, 9.17) is 9.57 Å². The molecule has 0 bridgehead atoms. The van der Waals surface area contributed by atoms with Crippen LogP contribution in [0.2, 0.25) is 0 Å². The number of likely N-dealkylation sites (N-methyl/N-ethyl adjacent to an activating group) is 1. The van der Waals surface area contributed by atoms with E-state index in [-0.39, 0.29) is 49.7 Å². The lowest BCUT2D eigenvalue weighted by molar-refractivity contribution is -0.156. The minimum atomic E-state index is -0.637. The van der Waals surface area contributed by atoms with Crippen molar-refractivity contribution in [3.8, 4) is 0 Å². The molecule has 1 heterocycles. The Kier molecular flexibility index (Phi) is 12.2. The minimum Gasteiger partial charge on any atom is -0.370 e. The number of hydrogen-bond donors (Lipinski definition) is 1. The lowest BCUT2D eigenvalue weighted by Crippen LogP contribution is -2.46. The van der Waals surface area contributed by atoms with Gasteiger partial charge in [-0.2, -0.15) is 5.48 Å². The Morgan fingerprint density at radius 1 is 0.660 bits per heavy atom. The molecule has 0 atom stereocenters. The van der Waals surface area contributed by atoms with Gasteiger partial charge in [0.25, 0.3) is 11.8 Å². The van der Waals surface area contributed by atoms with Gasteiger partial charge in [0.2, 0.25) is 0 Å². The van der Waals surface area contributed by atoms with E-state index < -0.39 is 17.8 Å². The lowest BCUT2D eigenvalue weighted by Gasteiger charge is -2.32. The summed E-state index contributed by atoms with van der Waals surface area (Å²) < 4.78 is 5.47. The maximum absolute atomic E-state index is 13.3. The topological polar surface area (TPSA) is 126 Å². The van der Waals surface area contributed by atoms with Crippen LogP contribution in [0.15, 0.2) is 121 Å². The maximum atomic E-state index is 13.3. The molecule has 0 aromatic heterocycles. The summed E-state index contributed by atoms with van der Waals surface area (Å²) in [5.41, 5.74) is 7.84. The molecule has 1 aliphatic heterocycles. The van der Waals surface area contributed by atoms with E-state index in [1.807, 2.05) is 84.6 Å². The summed E-state index contributed by atoms with van der Waals surface area (Å²) in [6, 6.07) is 35.4. The summed E-state index contributed by atoms with van der Waals surface area (Å²) >= 11 is 0. The molecule has 0 spiro atoms. The van der Waals surface area contributed by atoms with Gasteiger partial charge >= 0.3 is 5.97 Å². The zero-order valence-corrected chi connectivity index (χ0v) is 29.4. The van der Waals surface area contributed by atoms with E-state index in [0.29, 0.717) is 37.3 Å². The van der Waals surface area contributed by atoms with Crippen LogP contribution in [0.25, 0.3) is 0 Å². The molecular weight excluding hydrogens is 672 g/mol. The third-order valence-corrected chi connectivity index (χ3v) is 9.01. The molecule has 11 heteroatoms. The third kappa shape index (κ3) is 9.12. The van der Waals surface area contributed by atoms with Crippen LogP contribution in [-0.2, 0) is 46.6 Å². The number of benzene rings is 4. The smallest absolute Gasteiger partial charge is 0.350 e. The molecule has 6 rings (SSSR count). The maximum Gasteiger partial charge on any atom is 0.350 e. The number of hydroxylamine groups is 1. The van der Waals surface area contributed by atoms with Crippen molar-refractivity contribution in [1.29, 1.82) is 0 Å². The van der Waals surface area contributed by atoms with Crippen molar-refractivity contribution in [2.24, 2.45) is 0 Å². The summed E-state index contributed by atoms with van der Waals surface area (Å²) in [6.45, 7) is 4.68. The number of amides is 2. The quantitative estimate of drug-likeness (QED) is 0.0902. The molecule has 1 N–H and O–H groups in total. The first-order valence-corrected chi connectivity index (χ1v) is 17.5. The molecule has 1 aliphatic carbocycles. The molecule has 1 fully saturated rings. The number of carbonyl (C=O) groups excluding carboxylic acids is 5. The molecule has 53 heavy (non-hydrogen) atoms. The number of imide groups is 1. The van der Waals surface area contributed by atoms with E-state index in [1.165, 1.54) is 23.3 Å². The highest BCUT2D eigenvalue weighted by molar-refractivity contribution is 6.49. The van der Waals surface area contributed by atoms with Gasteiger partial charge in [-0.1, -0.05) is 84.9 Å².